The van der Waals surface area contributed by atoms with Gasteiger partial charge in [-0.2, -0.15) is 0 Å². The highest BCUT2D eigenvalue weighted by Crippen LogP contribution is 2.50. The molecule has 0 aliphatic carbocycles. The SMILES string of the molecule is CCc1ccc(-c2csc(NP(=O)(C=Cc3ccccc3)C=Cc3ccccc3)n2)cc1. The van der Waals surface area contributed by atoms with Crippen molar-refractivity contribution in [2.75, 3.05) is 5.09 Å². The number of nitrogens with one attached hydrogen (secondary N) is 1. The van der Waals surface area contributed by atoms with Crippen molar-refractivity contribution in [3.8, 4) is 11.3 Å². The second-order valence-corrected chi connectivity index (χ2v) is 10.5. The molecule has 3 aromatic carbocycles. The molecule has 0 atom stereocenters. The van der Waals surface area contributed by atoms with Crippen LogP contribution in [0.5, 0.6) is 0 Å². The van der Waals surface area contributed by atoms with Crippen molar-refractivity contribution < 1.29 is 4.57 Å². The van der Waals surface area contributed by atoms with E-state index in [4.69, 9.17) is 4.98 Å². The third-order valence-corrected chi connectivity index (χ3v) is 7.66. The number of hydrogen-bond acceptors (Lipinski definition) is 3. The number of hydrogen-bond donors (Lipinski definition) is 1. The Kier molecular flexibility index (Phi) is 7.16. The molecule has 0 aliphatic heterocycles. The Morgan fingerprint density at radius 3 is 1.94 bits per heavy atom. The molecule has 1 N–H and O–H groups in total. The van der Waals surface area contributed by atoms with E-state index in [1.54, 1.807) is 11.6 Å². The summed E-state index contributed by atoms with van der Waals surface area (Å²) in [5.74, 6) is 3.50. The van der Waals surface area contributed by atoms with Gasteiger partial charge in [-0.05, 0) is 46.9 Å². The van der Waals surface area contributed by atoms with E-state index >= 15 is 0 Å². The Bertz CT molecular complexity index is 1190. The number of rotatable bonds is 8. The molecule has 4 aromatic rings. The Morgan fingerprint density at radius 1 is 0.844 bits per heavy atom. The standard InChI is InChI=1S/C27H25N2OPS/c1-2-22-13-15-25(16-14-22)26-21-32-27(28-26)29-31(30,19-17-23-9-5-3-6-10-23)20-18-24-11-7-4-8-12-24/h3-21H,2H2,1H3,(H,28,29,30). The highest BCUT2D eigenvalue weighted by molar-refractivity contribution is 7.72. The van der Waals surface area contributed by atoms with E-state index in [1.165, 1.54) is 16.9 Å². The van der Waals surface area contributed by atoms with Crippen LogP contribution in [0.25, 0.3) is 23.4 Å². The van der Waals surface area contributed by atoms with Crippen molar-refractivity contribution >= 4 is 35.9 Å². The Balaban J connectivity index is 1.60. The van der Waals surface area contributed by atoms with Crippen LogP contribution in [0.2, 0.25) is 0 Å². The quantitative estimate of drug-likeness (QED) is 0.271. The van der Waals surface area contributed by atoms with Crippen molar-refractivity contribution in [3.05, 3.63) is 119 Å². The molecule has 0 spiro atoms. The average molecular weight is 457 g/mol. The number of aryl methyl sites for hydroxylation is 1. The van der Waals surface area contributed by atoms with Gasteiger partial charge >= 0.3 is 0 Å². The van der Waals surface area contributed by atoms with Gasteiger partial charge in [0.1, 0.15) is 0 Å². The lowest BCUT2D eigenvalue weighted by Crippen LogP contribution is -1.92. The number of anilines is 1. The normalized spacial score (nSPS) is 13.4. The highest BCUT2D eigenvalue weighted by atomic mass is 32.1. The van der Waals surface area contributed by atoms with Gasteiger partial charge in [0.15, 0.2) is 5.13 Å². The Hall–Kier alpha value is -3.20. The molecule has 1 aromatic heterocycles. The minimum Gasteiger partial charge on any atom is -0.306 e. The third-order valence-electron chi connectivity index (χ3n) is 5.01. The maximum absolute atomic E-state index is 13.8. The van der Waals surface area contributed by atoms with Gasteiger partial charge in [0, 0.05) is 10.9 Å². The highest BCUT2D eigenvalue weighted by Gasteiger charge is 2.17. The number of nitrogens with zero attached hydrogens (tertiary/aromatic N) is 1. The zero-order valence-electron chi connectivity index (χ0n) is 17.9. The number of thiazole rings is 1. The van der Waals surface area contributed by atoms with E-state index in [2.05, 4.69) is 36.3 Å². The predicted octanol–water partition coefficient (Wildman–Crippen LogP) is 8.40. The van der Waals surface area contributed by atoms with Crippen LogP contribution in [0, 0.1) is 0 Å². The molecule has 1 heterocycles. The summed E-state index contributed by atoms with van der Waals surface area (Å²) in [6, 6.07) is 28.2. The first-order valence-corrected chi connectivity index (χ1v) is 13.3. The van der Waals surface area contributed by atoms with Crippen molar-refractivity contribution in [1.82, 2.24) is 4.98 Å². The number of benzene rings is 3. The zero-order valence-corrected chi connectivity index (χ0v) is 19.6. The maximum atomic E-state index is 13.8. The fourth-order valence-corrected chi connectivity index (χ4v) is 5.75. The smallest absolute Gasteiger partial charge is 0.215 e. The van der Waals surface area contributed by atoms with Crippen LogP contribution in [0.15, 0.2) is 102 Å². The fourth-order valence-electron chi connectivity index (χ4n) is 3.16. The molecule has 0 fully saturated rings. The van der Waals surface area contributed by atoms with Gasteiger partial charge in [0.2, 0.25) is 7.29 Å². The zero-order chi connectivity index (χ0) is 22.2. The van der Waals surface area contributed by atoms with E-state index < -0.39 is 7.29 Å². The van der Waals surface area contributed by atoms with Gasteiger partial charge in [-0.15, -0.1) is 11.3 Å². The van der Waals surface area contributed by atoms with E-state index in [9.17, 15) is 4.57 Å². The molecule has 3 nitrogen and oxygen atoms in total. The van der Waals surface area contributed by atoms with E-state index in [0.29, 0.717) is 5.13 Å². The van der Waals surface area contributed by atoms with Gasteiger partial charge in [0.25, 0.3) is 0 Å². The summed E-state index contributed by atoms with van der Waals surface area (Å²) in [7, 11) is -3.03. The molecule has 160 valence electrons. The Morgan fingerprint density at radius 2 is 1.41 bits per heavy atom. The van der Waals surface area contributed by atoms with E-state index in [0.717, 1.165) is 28.8 Å². The molecule has 0 radical (unpaired) electrons. The van der Waals surface area contributed by atoms with Crippen LogP contribution in [0.4, 0.5) is 5.13 Å². The molecule has 0 saturated heterocycles. The lowest BCUT2D eigenvalue weighted by molar-refractivity contribution is 0.589. The maximum Gasteiger partial charge on any atom is 0.215 e. The first-order valence-electron chi connectivity index (χ1n) is 10.5. The van der Waals surface area contributed by atoms with Crippen molar-refractivity contribution in [2.24, 2.45) is 0 Å². The molecule has 5 heteroatoms. The average Bonchev–Trinajstić information content (AvgIpc) is 3.31. The molecule has 32 heavy (non-hydrogen) atoms. The van der Waals surface area contributed by atoms with Crippen molar-refractivity contribution in [2.45, 2.75) is 13.3 Å². The molecule has 0 aliphatic rings. The first-order chi connectivity index (χ1) is 15.6. The first kappa shape index (κ1) is 22.0. The second-order valence-electron chi connectivity index (χ2n) is 7.36. The molecule has 0 saturated carbocycles. The van der Waals surface area contributed by atoms with Crippen LogP contribution in [0.1, 0.15) is 23.6 Å². The molecule has 0 amide bonds. The van der Waals surface area contributed by atoms with E-state index in [-0.39, 0.29) is 0 Å². The van der Waals surface area contributed by atoms with Crippen LogP contribution in [0.3, 0.4) is 0 Å². The number of aromatic nitrogens is 1. The van der Waals surface area contributed by atoms with Crippen molar-refractivity contribution in [1.29, 1.82) is 0 Å². The van der Waals surface area contributed by atoms with Gasteiger partial charge < -0.3 is 5.09 Å². The minimum atomic E-state index is -3.03. The summed E-state index contributed by atoms with van der Waals surface area (Å²) in [4.78, 5) is 4.70. The summed E-state index contributed by atoms with van der Waals surface area (Å²) in [5.41, 5.74) is 5.23. The molecule has 0 unspecified atom stereocenters. The van der Waals surface area contributed by atoms with Gasteiger partial charge in [-0.25, -0.2) is 4.98 Å². The lowest BCUT2D eigenvalue weighted by Gasteiger charge is -2.11. The predicted molar refractivity (Wildman–Crippen MR) is 139 cm³/mol. The van der Waals surface area contributed by atoms with Gasteiger partial charge in [0.05, 0.1) is 5.69 Å². The minimum absolute atomic E-state index is 0.637. The summed E-state index contributed by atoms with van der Waals surface area (Å²) >= 11 is 1.46. The van der Waals surface area contributed by atoms with Crippen LogP contribution >= 0.6 is 18.6 Å². The third kappa shape index (κ3) is 5.94. The molecule has 4 rings (SSSR count). The van der Waals surface area contributed by atoms with Crippen LogP contribution in [-0.2, 0) is 11.0 Å². The van der Waals surface area contributed by atoms with Crippen LogP contribution < -0.4 is 5.09 Å². The second kappa shape index (κ2) is 10.4. The summed E-state index contributed by atoms with van der Waals surface area (Å²) in [6.45, 7) is 2.14. The van der Waals surface area contributed by atoms with Crippen molar-refractivity contribution in [3.63, 3.8) is 0 Å². The molecular weight excluding hydrogens is 431 g/mol. The summed E-state index contributed by atoms with van der Waals surface area (Å²) < 4.78 is 13.8. The Labute approximate surface area is 193 Å². The monoisotopic (exact) mass is 456 g/mol. The fraction of sp³-hybridized carbons (Fsp3) is 0.0741. The molecule has 0 bridgehead atoms. The topological polar surface area (TPSA) is 42.0 Å². The van der Waals surface area contributed by atoms with Crippen LogP contribution in [-0.4, -0.2) is 4.98 Å². The summed E-state index contributed by atoms with van der Waals surface area (Å²) in [5, 5.41) is 5.83. The van der Waals surface area contributed by atoms with Gasteiger partial charge in [-0.3, -0.25) is 4.57 Å². The summed E-state index contributed by atoms with van der Waals surface area (Å²) in [6.07, 6.45) is 4.79. The van der Waals surface area contributed by atoms with E-state index in [1.807, 2.05) is 78.2 Å². The largest absolute Gasteiger partial charge is 0.306 e. The van der Waals surface area contributed by atoms with Gasteiger partial charge in [-0.1, -0.05) is 91.9 Å². The molecular formula is C27H25N2OPS. The lowest BCUT2D eigenvalue weighted by atomic mass is 10.1.